The maximum absolute atomic E-state index is 11.1. The van der Waals surface area contributed by atoms with Crippen molar-refractivity contribution in [1.29, 1.82) is 0 Å². The molecule has 0 bridgehead atoms. The fourth-order valence-corrected chi connectivity index (χ4v) is 1.82. The molecule has 0 aliphatic heterocycles. The van der Waals surface area contributed by atoms with Gasteiger partial charge < -0.3 is 5.73 Å². The second-order valence-corrected chi connectivity index (χ2v) is 3.98. The Balaban J connectivity index is 2.32. The molecule has 0 aliphatic rings. The molecule has 0 aromatic heterocycles. The zero-order valence-corrected chi connectivity index (χ0v) is 9.76. The number of nitrogens with two attached hydrogens (primary N) is 1. The summed E-state index contributed by atoms with van der Waals surface area (Å²) in [6, 6.07) is 14.6. The van der Waals surface area contributed by atoms with E-state index in [9.17, 15) is 4.79 Å². The fraction of sp³-hybridized carbons (Fsp3) is 0.0667. The average molecular weight is 236 g/mol. The molecule has 88 valence electrons. The van der Waals surface area contributed by atoms with Crippen molar-refractivity contribution in [3.8, 4) is 0 Å². The number of carbonyl (C=O) groups is 1. The molecule has 3 heteroatoms. The maximum atomic E-state index is 11.1. The lowest BCUT2D eigenvalue weighted by Gasteiger charge is -2.05. The van der Waals surface area contributed by atoms with Gasteiger partial charge in [0, 0.05) is 5.56 Å². The Morgan fingerprint density at radius 2 is 1.94 bits per heavy atom. The molecule has 0 spiro atoms. The smallest absolute Gasteiger partial charge is 0.248 e. The van der Waals surface area contributed by atoms with E-state index in [0.717, 1.165) is 11.1 Å². The Hall–Kier alpha value is -2.60. The maximum Gasteiger partial charge on any atom is 0.248 e. The summed E-state index contributed by atoms with van der Waals surface area (Å²) in [6.07, 6.45) is 0.625. The highest BCUT2D eigenvalue weighted by Crippen LogP contribution is 2.22. The van der Waals surface area contributed by atoms with Crippen LogP contribution in [0.4, 0.5) is 5.69 Å². The lowest BCUT2D eigenvalue weighted by atomic mass is 10.0. The molecule has 2 aromatic rings. The van der Waals surface area contributed by atoms with Gasteiger partial charge in [0.05, 0.1) is 6.57 Å². The minimum absolute atomic E-state index is 0.435. The van der Waals surface area contributed by atoms with Gasteiger partial charge in [-0.25, -0.2) is 4.85 Å². The van der Waals surface area contributed by atoms with Crippen molar-refractivity contribution >= 4 is 11.6 Å². The standard InChI is InChI=1S/C15H12N2O/c1-17-14-8-3-2-6-12(14)9-11-5-4-7-13(10-11)15(16)18/h2-8,10H,9H2,(H2,16,18). The summed E-state index contributed by atoms with van der Waals surface area (Å²) in [5, 5.41) is 0. The van der Waals surface area contributed by atoms with E-state index < -0.39 is 5.91 Å². The minimum Gasteiger partial charge on any atom is -0.366 e. The van der Waals surface area contributed by atoms with Crippen LogP contribution in [0.5, 0.6) is 0 Å². The number of carbonyl (C=O) groups excluding carboxylic acids is 1. The molecular weight excluding hydrogens is 224 g/mol. The Morgan fingerprint density at radius 3 is 2.67 bits per heavy atom. The Labute approximate surface area is 106 Å². The molecule has 3 nitrogen and oxygen atoms in total. The minimum atomic E-state index is -0.435. The SMILES string of the molecule is [C-]#[N+]c1ccccc1Cc1cccc(C(N)=O)c1. The monoisotopic (exact) mass is 236 g/mol. The van der Waals surface area contributed by atoms with E-state index in [4.69, 9.17) is 12.3 Å². The number of benzene rings is 2. The summed E-state index contributed by atoms with van der Waals surface area (Å²) in [7, 11) is 0. The summed E-state index contributed by atoms with van der Waals surface area (Å²) < 4.78 is 0. The number of hydrogen-bond donors (Lipinski definition) is 1. The van der Waals surface area contributed by atoms with Crippen molar-refractivity contribution in [2.24, 2.45) is 5.73 Å². The average Bonchev–Trinajstić information content (AvgIpc) is 2.39. The van der Waals surface area contributed by atoms with Gasteiger partial charge >= 0.3 is 0 Å². The van der Waals surface area contributed by atoms with E-state index >= 15 is 0 Å². The van der Waals surface area contributed by atoms with Gasteiger partial charge in [-0.15, -0.1) is 0 Å². The van der Waals surface area contributed by atoms with Crippen LogP contribution >= 0.6 is 0 Å². The number of primary amides is 1. The van der Waals surface area contributed by atoms with Gasteiger partial charge in [0.1, 0.15) is 0 Å². The van der Waals surface area contributed by atoms with Crippen molar-refractivity contribution in [3.63, 3.8) is 0 Å². The zero-order valence-electron chi connectivity index (χ0n) is 9.76. The molecule has 0 heterocycles. The molecule has 18 heavy (non-hydrogen) atoms. The Kier molecular flexibility index (Phi) is 3.40. The zero-order chi connectivity index (χ0) is 13.0. The van der Waals surface area contributed by atoms with Gasteiger partial charge in [-0.2, -0.15) is 0 Å². The van der Waals surface area contributed by atoms with Gasteiger partial charge in [-0.3, -0.25) is 4.79 Å². The van der Waals surface area contributed by atoms with Gasteiger partial charge in [-0.1, -0.05) is 36.4 Å². The van der Waals surface area contributed by atoms with Crippen LogP contribution in [0.1, 0.15) is 21.5 Å². The van der Waals surface area contributed by atoms with Crippen molar-refractivity contribution in [3.05, 3.63) is 76.6 Å². The van der Waals surface area contributed by atoms with E-state index in [1.165, 1.54) is 0 Å². The highest BCUT2D eigenvalue weighted by atomic mass is 16.1. The summed E-state index contributed by atoms with van der Waals surface area (Å²) >= 11 is 0. The van der Waals surface area contributed by atoms with Crippen LogP contribution in [0.3, 0.4) is 0 Å². The first-order chi connectivity index (χ1) is 8.70. The van der Waals surface area contributed by atoms with E-state index in [0.29, 0.717) is 17.7 Å². The normalized spacial score (nSPS) is 9.72. The molecule has 0 saturated heterocycles. The Morgan fingerprint density at radius 1 is 1.17 bits per heavy atom. The fourth-order valence-electron chi connectivity index (χ4n) is 1.82. The quantitative estimate of drug-likeness (QED) is 0.818. The van der Waals surface area contributed by atoms with Gasteiger partial charge in [0.25, 0.3) is 0 Å². The van der Waals surface area contributed by atoms with Crippen molar-refractivity contribution in [1.82, 2.24) is 0 Å². The summed E-state index contributed by atoms with van der Waals surface area (Å²) in [5.74, 6) is -0.435. The highest BCUT2D eigenvalue weighted by Gasteiger charge is 2.05. The Bertz CT molecular complexity index is 626. The molecule has 2 aromatic carbocycles. The molecule has 0 aliphatic carbocycles. The number of nitrogens with zero attached hydrogens (tertiary/aromatic N) is 1. The molecular formula is C15H12N2O. The van der Waals surface area contributed by atoms with Crippen LogP contribution in [0, 0.1) is 6.57 Å². The molecule has 0 atom stereocenters. The molecule has 2 N–H and O–H groups in total. The predicted molar refractivity (Wildman–Crippen MR) is 70.5 cm³/mol. The lowest BCUT2D eigenvalue weighted by molar-refractivity contribution is 0.1000. The van der Waals surface area contributed by atoms with E-state index in [-0.39, 0.29) is 0 Å². The van der Waals surface area contributed by atoms with E-state index in [1.54, 1.807) is 24.3 Å². The van der Waals surface area contributed by atoms with E-state index in [2.05, 4.69) is 4.85 Å². The van der Waals surface area contributed by atoms with Crippen LogP contribution in [0.15, 0.2) is 48.5 Å². The van der Waals surface area contributed by atoms with Crippen molar-refractivity contribution in [2.75, 3.05) is 0 Å². The molecule has 0 radical (unpaired) electrons. The first kappa shape index (κ1) is 11.9. The van der Waals surface area contributed by atoms with Crippen LogP contribution < -0.4 is 5.73 Å². The van der Waals surface area contributed by atoms with Gasteiger partial charge in [0.2, 0.25) is 5.91 Å². The second-order valence-electron chi connectivity index (χ2n) is 3.98. The summed E-state index contributed by atoms with van der Waals surface area (Å²) in [5.41, 5.74) is 8.31. The molecule has 0 saturated carbocycles. The number of amides is 1. The topological polar surface area (TPSA) is 47.5 Å². The number of hydrogen-bond acceptors (Lipinski definition) is 1. The third-order valence-electron chi connectivity index (χ3n) is 2.72. The summed E-state index contributed by atoms with van der Waals surface area (Å²) in [6.45, 7) is 7.11. The van der Waals surface area contributed by atoms with E-state index in [1.807, 2.05) is 24.3 Å². The van der Waals surface area contributed by atoms with Gasteiger partial charge in [-0.05, 0) is 29.7 Å². The molecule has 0 unspecified atom stereocenters. The molecule has 0 fully saturated rings. The van der Waals surface area contributed by atoms with Crippen LogP contribution in [-0.2, 0) is 6.42 Å². The van der Waals surface area contributed by atoms with Gasteiger partial charge in [0.15, 0.2) is 5.69 Å². The largest absolute Gasteiger partial charge is 0.366 e. The predicted octanol–water partition coefficient (Wildman–Crippen LogP) is 2.93. The number of rotatable bonds is 3. The van der Waals surface area contributed by atoms with Crippen LogP contribution in [-0.4, -0.2) is 5.91 Å². The van der Waals surface area contributed by atoms with Crippen LogP contribution in [0.25, 0.3) is 4.85 Å². The second kappa shape index (κ2) is 5.15. The first-order valence-electron chi connectivity index (χ1n) is 5.55. The molecule has 1 amide bonds. The lowest BCUT2D eigenvalue weighted by Crippen LogP contribution is -2.11. The first-order valence-corrected chi connectivity index (χ1v) is 5.55. The highest BCUT2D eigenvalue weighted by molar-refractivity contribution is 5.92. The third-order valence-corrected chi connectivity index (χ3v) is 2.72. The molecule has 2 rings (SSSR count). The summed E-state index contributed by atoms with van der Waals surface area (Å²) in [4.78, 5) is 14.6. The van der Waals surface area contributed by atoms with Crippen molar-refractivity contribution < 1.29 is 4.79 Å². The van der Waals surface area contributed by atoms with Crippen molar-refractivity contribution in [2.45, 2.75) is 6.42 Å². The third kappa shape index (κ3) is 2.55. The number of para-hydroxylation sites is 1. The van der Waals surface area contributed by atoms with Crippen LogP contribution in [0.2, 0.25) is 0 Å².